The number of rotatable bonds is 4. The zero-order valence-electron chi connectivity index (χ0n) is 14.5. The summed E-state index contributed by atoms with van der Waals surface area (Å²) in [5, 5.41) is 3.42. The maximum atomic E-state index is 13.9. The SMILES string of the molecule is O=c1c2cc(F)ccc2nc(CNc2ccccc2F)n1-c1ccccc1Cl. The first kappa shape index (κ1) is 18.1. The van der Waals surface area contributed by atoms with Crippen molar-refractivity contribution in [2.24, 2.45) is 0 Å². The molecular weight excluding hydrogens is 384 g/mol. The van der Waals surface area contributed by atoms with Gasteiger partial charge in [-0.05, 0) is 42.5 Å². The van der Waals surface area contributed by atoms with Crippen LogP contribution >= 0.6 is 11.6 Å². The Morgan fingerprint density at radius 1 is 1.00 bits per heavy atom. The molecule has 0 bridgehead atoms. The van der Waals surface area contributed by atoms with Crippen LogP contribution in [0.25, 0.3) is 16.6 Å². The Morgan fingerprint density at radius 2 is 1.75 bits per heavy atom. The minimum absolute atomic E-state index is 0.0642. The summed E-state index contributed by atoms with van der Waals surface area (Å²) in [5.41, 5.74) is 0.586. The summed E-state index contributed by atoms with van der Waals surface area (Å²) in [5.74, 6) is -0.633. The Hall–Kier alpha value is -3.25. The van der Waals surface area contributed by atoms with E-state index in [1.807, 2.05) is 0 Å². The number of nitrogens with zero attached hydrogens (tertiary/aromatic N) is 2. The number of hydrogen-bond acceptors (Lipinski definition) is 3. The van der Waals surface area contributed by atoms with Gasteiger partial charge in [-0.3, -0.25) is 9.36 Å². The minimum Gasteiger partial charge on any atom is -0.375 e. The van der Waals surface area contributed by atoms with Crippen molar-refractivity contribution in [1.29, 1.82) is 0 Å². The fourth-order valence-electron chi connectivity index (χ4n) is 2.98. The minimum atomic E-state index is -0.533. The fraction of sp³-hybridized carbons (Fsp3) is 0.0476. The molecule has 0 spiro atoms. The molecule has 4 rings (SSSR count). The van der Waals surface area contributed by atoms with Crippen molar-refractivity contribution >= 4 is 28.2 Å². The number of anilines is 1. The van der Waals surface area contributed by atoms with Crippen LogP contribution in [-0.2, 0) is 6.54 Å². The molecule has 1 N–H and O–H groups in total. The highest BCUT2D eigenvalue weighted by Gasteiger charge is 2.15. The lowest BCUT2D eigenvalue weighted by Gasteiger charge is -2.16. The van der Waals surface area contributed by atoms with Gasteiger partial charge < -0.3 is 5.32 Å². The van der Waals surface area contributed by atoms with Gasteiger partial charge in [-0.25, -0.2) is 13.8 Å². The average Bonchev–Trinajstić information content (AvgIpc) is 2.69. The lowest BCUT2D eigenvalue weighted by Crippen LogP contribution is -2.25. The molecule has 0 saturated carbocycles. The van der Waals surface area contributed by atoms with Crippen molar-refractivity contribution in [2.45, 2.75) is 6.54 Å². The Kier molecular flexibility index (Phi) is 4.79. The van der Waals surface area contributed by atoms with Crippen LogP contribution in [0.2, 0.25) is 5.02 Å². The summed E-state index contributed by atoms with van der Waals surface area (Å²) in [6.45, 7) is 0.0642. The highest BCUT2D eigenvalue weighted by molar-refractivity contribution is 6.32. The predicted molar refractivity (Wildman–Crippen MR) is 106 cm³/mol. The van der Waals surface area contributed by atoms with Gasteiger partial charge in [0.05, 0.1) is 33.8 Å². The number of para-hydroxylation sites is 2. The molecule has 0 fully saturated rings. The Labute approximate surface area is 164 Å². The van der Waals surface area contributed by atoms with Gasteiger partial charge in [-0.1, -0.05) is 35.9 Å². The van der Waals surface area contributed by atoms with Crippen LogP contribution < -0.4 is 10.9 Å². The second-order valence-corrected chi connectivity index (χ2v) is 6.52. The smallest absolute Gasteiger partial charge is 0.266 e. The van der Waals surface area contributed by atoms with Crippen molar-refractivity contribution in [1.82, 2.24) is 9.55 Å². The molecule has 0 aliphatic carbocycles. The first-order chi connectivity index (χ1) is 13.5. The van der Waals surface area contributed by atoms with E-state index in [0.717, 1.165) is 6.07 Å². The molecule has 0 unspecified atom stereocenters. The molecule has 4 nitrogen and oxygen atoms in total. The third-order valence-electron chi connectivity index (χ3n) is 4.30. The van der Waals surface area contributed by atoms with Gasteiger partial charge in [0.1, 0.15) is 17.5 Å². The van der Waals surface area contributed by atoms with Gasteiger partial charge in [-0.2, -0.15) is 0 Å². The molecule has 0 radical (unpaired) electrons. The van der Waals surface area contributed by atoms with Crippen LogP contribution in [0.15, 0.2) is 71.5 Å². The van der Waals surface area contributed by atoms with Gasteiger partial charge in [-0.15, -0.1) is 0 Å². The molecule has 3 aromatic carbocycles. The third-order valence-corrected chi connectivity index (χ3v) is 4.62. The number of nitrogens with one attached hydrogen (secondary N) is 1. The van der Waals surface area contributed by atoms with E-state index in [9.17, 15) is 13.6 Å². The Bertz CT molecular complexity index is 1240. The van der Waals surface area contributed by atoms with Crippen molar-refractivity contribution < 1.29 is 8.78 Å². The molecule has 28 heavy (non-hydrogen) atoms. The quantitative estimate of drug-likeness (QED) is 0.531. The van der Waals surface area contributed by atoms with Crippen molar-refractivity contribution in [3.63, 3.8) is 0 Å². The number of benzene rings is 3. The second kappa shape index (κ2) is 7.40. The highest BCUT2D eigenvalue weighted by Crippen LogP contribution is 2.22. The molecule has 0 aliphatic heterocycles. The van der Waals surface area contributed by atoms with E-state index in [-0.39, 0.29) is 17.6 Å². The number of halogens is 3. The van der Waals surface area contributed by atoms with Crippen LogP contribution in [0.4, 0.5) is 14.5 Å². The lowest BCUT2D eigenvalue weighted by molar-refractivity contribution is 0.628. The highest BCUT2D eigenvalue weighted by atomic mass is 35.5. The van der Waals surface area contributed by atoms with E-state index in [1.165, 1.54) is 22.8 Å². The van der Waals surface area contributed by atoms with Crippen LogP contribution in [0.1, 0.15) is 5.82 Å². The second-order valence-electron chi connectivity index (χ2n) is 6.11. The van der Waals surface area contributed by atoms with E-state index in [4.69, 9.17) is 11.6 Å². The number of aromatic nitrogens is 2. The van der Waals surface area contributed by atoms with Crippen molar-refractivity contribution in [3.05, 3.63) is 99.6 Å². The molecular formula is C21H14ClF2N3O. The molecule has 1 aromatic heterocycles. The van der Waals surface area contributed by atoms with Crippen LogP contribution in [0, 0.1) is 11.6 Å². The number of fused-ring (bicyclic) bond motifs is 1. The monoisotopic (exact) mass is 397 g/mol. The molecule has 0 atom stereocenters. The third kappa shape index (κ3) is 3.34. The zero-order chi connectivity index (χ0) is 19.7. The first-order valence-corrected chi connectivity index (χ1v) is 8.87. The van der Waals surface area contributed by atoms with Gasteiger partial charge >= 0.3 is 0 Å². The molecule has 7 heteroatoms. The lowest BCUT2D eigenvalue weighted by atomic mass is 10.2. The molecule has 4 aromatic rings. The summed E-state index contributed by atoms with van der Waals surface area (Å²) < 4.78 is 28.9. The first-order valence-electron chi connectivity index (χ1n) is 8.49. The predicted octanol–water partition coefficient (Wildman–Crippen LogP) is 4.93. The van der Waals surface area contributed by atoms with E-state index in [1.54, 1.807) is 42.5 Å². The molecule has 140 valence electrons. The summed E-state index contributed by atoms with van der Waals surface area (Å²) in [7, 11) is 0. The van der Waals surface area contributed by atoms with E-state index in [0.29, 0.717) is 22.1 Å². The maximum absolute atomic E-state index is 13.9. The van der Waals surface area contributed by atoms with E-state index >= 15 is 0 Å². The summed E-state index contributed by atoms with van der Waals surface area (Å²) in [4.78, 5) is 17.6. The molecule has 0 aliphatic rings. The van der Waals surface area contributed by atoms with E-state index in [2.05, 4.69) is 10.3 Å². The van der Waals surface area contributed by atoms with Gasteiger partial charge in [0.15, 0.2) is 0 Å². The summed E-state index contributed by atoms with van der Waals surface area (Å²) in [6, 6.07) is 16.8. The Balaban J connectivity index is 1.90. The van der Waals surface area contributed by atoms with Crippen LogP contribution in [0.5, 0.6) is 0 Å². The largest absolute Gasteiger partial charge is 0.375 e. The van der Waals surface area contributed by atoms with Gasteiger partial charge in [0.25, 0.3) is 5.56 Å². The van der Waals surface area contributed by atoms with E-state index < -0.39 is 17.2 Å². The topological polar surface area (TPSA) is 46.9 Å². The zero-order valence-corrected chi connectivity index (χ0v) is 15.3. The van der Waals surface area contributed by atoms with Crippen molar-refractivity contribution in [2.75, 3.05) is 5.32 Å². The average molecular weight is 398 g/mol. The molecule has 0 amide bonds. The maximum Gasteiger partial charge on any atom is 0.266 e. The van der Waals surface area contributed by atoms with Crippen LogP contribution in [0.3, 0.4) is 0 Å². The summed E-state index contributed by atoms with van der Waals surface area (Å²) >= 11 is 6.29. The van der Waals surface area contributed by atoms with Crippen molar-refractivity contribution in [3.8, 4) is 5.69 Å². The van der Waals surface area contributed by atoms with Gasteiger partial charge in [0.2, 0.25) is 0 Å². The fourth-order valence-corrected chi connectivity index (χ4v) is 3.20. The normalized spacial score (nSPS) is 11.0. The van der Waals surface area contributed by atoms with Gasteiger partial charge in [0, 0.05) is 0 Å². The summed E-state index contributed by atoms with van der Waals surface area (Å²) in [6.07, 6.45) is 0. The Morgan fingerprint density at radius 3 is 2.54 bits per heavy atom. The van der Waals surface area contributed by atoms with Crippen LogP contribution in [-0.4, -0.2) is 9.55 Å². The molecule has 1 heterocycles. The number of hydrogen-bond donors (Lipinski definition) is 1. The molecule has 0 saturated heterocycles. The standard InChI is InChI=1S/C21H14ClF2N3O/c22-15-5-1-4-8-19(15)27-20(12-25-18-7-3-2-6-16(18)24)26-17-10-9-13(23)11-14(17)21(27)28/h1-11,25H,12H2.